The molecule has 6 heteroatoms. The van der Waals surface area contributed by atoms with E-state index in [1.807, 2.05) is 19.9 Å². The molecule has 0 saturated heterocycles. The van der Waals surface area contributed by atoms with Gasteiger partial charge in [0.2, 0.25) is 0 Å². The number of hydrogen-bond donors (Lipinski definition) is 3. The maximum Gasteiger partial charge on any atom is 0.200 e. The highest BCUT2D eigenvalue weighted by Crippen LogP contribution is 2.37. The third kappa shape index (κ3) is 3.03. The number of allylic oxidation sites excluding steroid dienone is 2. The summed E-state index contributed by atoms with van der Waals surface area (Å²) in [6, 6.07) is 1.59. The van der Waals surface area contributed by atoms with E-state index in [1.165, 1.54) is 7.11 Å². The standard InChI is InChI=1S/C19H22O6/c1-9(2)4-5-10-14(24-3)8-16-17(18(10)22)19(23)11-6-12(20)13(21)7-15(11)25-16/h4,8,12-13,20-22H,5-7H2,1-3H3/t12-,13-/m0/s1. The van der Waals surface area contributed by atoms with Crippen LogP contribution in [0.4, 0.5) is 0 Å². The van der Waals surface area contributed by atoms with Crippen LogP contribution in [0.5, 0.6) is 11.5 Å². The first-order chi connectivity index (χ1) is 11.8. The van der Waals surface area contributed by atoms with E-state index in [0.717, 1.165) is 5.57 Å². The molecule has 134 valence electrons. The smallest absolute Gasteiger partial charge is 0.200 e. The second-order valence-electron chi connectivity index (χ2n) is 6.64. The molecule has 2 atom stereocenters. The monoisotopic (exact) mass is 346 g/mol. The lowest BCUT2D eigenvalue weighted by molar-refractivity contribution is 0.00936. The predicted molar refractivity (Wildman–Crippen MR) is 93.3 cm³/mol. The summed E-state index contributed by atoms with van der Waals surface area (Å²) < 4.78 is 11.1. The van der Waals surface area contributed by atoms with Gasteiger partial charge in [-0.2, -0.15) is 0 Å². The molecule has 25 heavy (non-hydrogen) atoms. The van der Waals surface area contributed by atoms with Gasteiger partial charge in [0, 0.05) is 30.0 Å². The van der Waals surface area contributed by atoms with E-state index in [1.54, 1.807) is 6.07 Å². The normalized spacial score (nSPS) is 19.6. The van der Waals surface area contributed by atoms with Crippen molar-refractivity contribution in [1.29, 1.82) is 0 Å². The minimum Gasteiger partial charge on any atom is -0.507 e. The number of hydrogen-bond acceptors (Lipinski definition) is 6. The van der Waals surface area contributed by atoms with Gasteiger partial charge in [0.25, 0.3) is 0 Å². The van der Waals surface area contributed by atoms with Gasteiger partial charge >= 0.3 is 0 Å². The summed E-state index contributed by atoms with van der Waals surface area (Å²) in [7, 11) is 1.49. The first kappa shape index (κ1) is 17.5. The second kappa shape index (κ2) is 6.54. The molecule has 0 amide bonds. The lowest BCUT2D eigenvalue weighted by atomic mass is 9.90. The molecule has 0 fully saturated rings. The zero-order chi connectivity index (χ0) is 18.3. The van der Waals surface area contributed by atoms with E-state index in [9.17, 15) is 20.1 Å². The first-order valence-electron chi connectivity index (χ1n) is 8.20. The fraction of sp³-hybridized carbons (Fsp3) is 0.421. The highest BCUT2D eigenvalue weighted by molar-refractivity contribution is 5.87. The molecule has 1 aromatic carbocycles. The molecule has 3 rings (SSSR count). The van der Waals surface area contributed by atoms with Crippen LogP contribution in [0, 0.1) is 0 Å². The van der Waals surface area contributed by atoms with Crippen molar-refractivity contribution in [2.75, 3.05) is 7.11 Å². The molecule has 3 N–H and O–H groups in total. The van der Waals surface area contributed by atoms with E-state index in [2.05, 4.69) is 0 Å². The van der Waals surface area contributed by atoms with Crippen molar-refractivity contribution < 1.29 is 24.5 Å². The van der Waals surface area contributed by atoms with E-state index < -0.39 is 12.2 Å². The van der Waals surface area contributed by atoms with Crippen molar-refractivity contribution in [3.05, 3.63) is 44.8 Å². The van der Waals surface area contributed by atoms with Crippen LogP contribution in [0.1, 0.15) is 30.7 Å². The number of aromatic hydroxyl groups is 1. The minimum absolute atomic E-state index is 0.00352. The van der Waals surface area contributed by atoms with E-state index >= 15 is 0 Å². The Balaban J connectivity index is 2.27. The number of phenolic OH excluding ortho intramolecular Hbond substituents is 1. The highest BCUT2D eigenvalue weighted by Gasteiger charge is 2.31. The zero-order valence-corrected chi connectivity index (χ0v) is 14.5. The Bertz CT molecular complexity index is 904. The molecule has 1 aromatic heterocycles. The molecule has 0 spiro atoms. The molecule has 1 aliphatic carbocycles. The Kier molecular flexibility index (Phi) is 4.58. The number of phenols is 1. The van der Waals surface area contributed by atoms with Crippen molar-refractivity contribution in [2.45, 2.75) is 45.3 Å². The Hall–Kier alpha value is -2.31. The van der Waals surface area contributed by atoms with Crippen molar-refractivity contribution in [2.24, 2.45) is 0 Å². The highest BCUT2D eigenvalue weighted by atomic mass is 16.5. The van der Waals surface area contributed by atoms with E-state index in [0.29, 0.717) is 29.1 Å². The van der Waals surface area contributed by atoms with Gasteiger partial charge in [-0.1, -0.05) is 11.6 Å². The summed E-state index contributed by atoms with van der Waals surface area (Å²) in [6.07, 6.45) is 0.432. The summed E-state index contributed by atoms with van der Waals surface area (Å²) in [5, 5.41) is 30.4. The predicted octanol–water partition coefficient (Wildman–Crippen LogP) is 1.84. The Morgan fingerprint density at radius 2 is 2.00 bits per heavy atom. The van der Waals surface area contributed by atoms with Gasteiger partial charge in [0.05, 0.1) is 19.3 Å². The van der Waals surface area contributed by atoms with Crippen LogP contribution in [-0.4, -0.2) is 34.6 Å². The fourth-order valence-corrected chi connectivity index (χ4v) is 3.16. The lowest BCUT2D eigenvalue weighted by Gasteiger charge is -2.24. The number of methoxy groups -OCH3 is 1. The van der Waals surface area contributed by atoms with Crippen LogP contribution in [0.25, 0.3) is 11.0 Å². The molecular weight excluding hydrogens is 324 g/mol. The van der Waals surface area contributed by atoms with Crippen LogP contribution < -0.4 is 10.2 Å². The molecular formula is C19H22O6. The Labute approximate surface area is 145 Å². The van der Waals surface area contributed by atoms with Crippen molar-refractivity contribution >= 4 is 11.0 Å². The molecule has 2 aromatic rings. The number of ether oxygens (including phenoxy) is 1. The van der Waals surface area contributed by atoms with Gasteiger partial charge in [-0.15, -0.1) is 0 Å². The van der Waals surface area contributed by atoms with Crippen molar-refractivity contribution in [3.63, 3.8) is 0 Å². The summed E-state index contributed by atoms with van der Waals surface area (Å²) in [5.41, 5.74) is 1.73. The maximum absolute atomic E-state index is 12.9. The van der Waals surface area contributed by atoms with Gasteiger partial charge in [-0.05, 0) is 20.3 Å². The average molecular weight is 346 g/mol. The van der Waals surface area contributed by atoms with Crippen LogP contribution >= 0.6 is 0 Å². The average Bonchev–Trinajstić information content (AvgIpc) is 2.55. The number of aliphatic hydroxyl groups excluding tert-OH is 2. The van der Waals surface area contributed by atoms with Gasteiger partial charge in [-0.3, -0.25) is 4.79 Å². The van der Waals surface area contributed by atoms with Gasteiger partial charge in [0.1, 0.15) is 28.2 Å². The maximum atomic E-state index is 12.9. The minimum atomic E-state index is -1.02. The van der Waals surface area contributed by atoms with E-state index in [-0.39, 0.29) is 35.0 Å². The van der Waals surface area contributed by atoms with Crippen LogP contribution in [0.3, 0.4) is 0 Å². The van der Waals surface area contributed by atoms with Crippen LogP contribution in [0.15, 0.2) is 26.9 Å². The molecule has 6 nitrogen and oxygen atoms in total. The van der Waals surface area contributed by atoms with Gasteiger partial charge in [-0.25, -0.2) is 0 Å². The molecule has 0 unspecified atom stereocenters. The molecule has 0 saturated carbocycles. The largest absolute Gasteiger partial charge is 0.507 e. The fourth-order valence-electron chi connectivity index (χ4n) is 3.16. The van der Waals surface area contributed by atoms with Crippen molar-refractivity contribution in [1.82, 2.24) is 0 Å². The SMILES string of the molecule is COc1cc2oc3c(c(=O)c2c(O)c1CC=C(C)C)C[C@H](O)[C@@H](O)C3. The van der Waals surface area contributed by atoms with Crippen LogP contribution in [-0.2, 0) is 19.3 Å². The molecule has 0 radical (unpaired) electrons. The number of fused-ring (bicyclic) bond motifs is 2. The molecule has 1 aliphatic rings. The first-order valence-corrected chi connectivity index (χ1v) is 8.20. The quantitative estimate of drug-likeness (QED) is 0.733. The summed E-state index contributed by atoms with van der Waals surface area (Å²) in [4.78, 5) is 12.9. The number of rotatable bonds is 3. The molecule has 1 heterocycles. The van der Waals surface area contributed by atoms with Gasteiger partial charge in [0.15, 0.2) is 5.43 Å². The lowest BCUT2D eigenvalue weighted by Crippen LogP contribution is -2.37. The van der Waals surface area contributed by atoms with Crippen LogP contribution in [0.2, 0.25) is 0 Å². The summed E-state index contributed by atoms with van der Waals surface area (Å²) in [5.74, 6) is 0.611. The third-order valence-corrected chi connectivity index (χ3v) is 4.59. The Morgan fingerprint density at radius 1 is 1.32 bits per heavy atom. The topological polar surface area (TPSA) is 100 Å². The Morgan fingerprint density at radius 3 is 2.64 bits per heavy atom. The van der Waals surface area contributed by atoms with E-state index in [4.69, 9.17) is 9.15 Å². The molecule has 0 bridgehead atoms. The summed E-state index contributed by atoms with van der Waals surface area (Å²) in [6.45, 7) is 3.89. The second-order valence-corrected chi connectivity index (χ2v) is 6.64. The van der Waals surface area contributed by atoms with Crippen molar-refractivity contribution in [3.8, 4) is 11.5 Å². The third-order valence-electron chi connectivity index (χ3n) is 4.59. The summed E-state index contributed by atoms with van der Waals surface area (Å²) >= 11 is 0. The molecule has 0 aliphatic heterocycles. The van der Waals surface area contributed by atoms with Gasteiger partial charge < -0.3 is 24.5 Å². The zero-order valence-electron chi connectivity index (χ0n) is 14.5. The number of benzene rings is 1. The number of aliphatic hydroxyl groups is 2.